The molecule has 0 N–H and O–H groups in total. The lowest BCUT2D eigenvalue weighted by Crippen LogP contribution is -2.10. The molecular formula is C25H22N2O3S. The Kier molecular flexibility index (Phi) is 6.18. The SMILES string of the molecule is COc1ccccc1-c1nnc(S[C@H](C(=O)c2ccc(C)cc2)c2ccc(C)cc2)o1. The number of ether oxygens (including phenoxy) is 1. The molecule has 1 atom stereocenters. The van der Waals surface area contributed by atoms with E-state index in [1.807, 2.05) is 86.6 Å². The van der Waals surface area contributed by atoms with Crippen molar-refractivity contribution in [1.29, 1.82) is 0 Å². The number of ketones is 1. The Morgan fingerprint density at radius 1 is 0.903 bits per heavy atom. The van der Waals surface area contributed by atoms with Gasteiger partial charge in [0.05, 0.1) is 12.7 Å². The number of para-hydroxylation sites is 1. The Balaban J connectivity index is 1.67. The molecule has 0 spiro atoms. The van der Waals surface area contributed by atoms with Crippen molar-refractivity contribution in [3.63, 3.8) is 0 Å². The first kappa shape index (κ1) is 20.9. The third-order valence-electron chi connectivity index (χ3n) is 4.92. The highest BCUT2D eigenvalue weighted by Gasteiger charge is 2.26. The molecule has 0 saturated heterocycles. The molecule has 1 heterocycles. The van der Waals surface area contributed by atoms with Gasteiger partial charge in [-0.15, -0.1) is 10.2 Å². The molecule has 0 aliphatic rings. The second kappa shape index (κ2) is 9.18. The number of nitrogens with zero attached hydrogens (tertiary/aromatic N) is 2. The Bertz CT molecular complexity index is 1180. The molecule has 0 aliphatic carbocycles. The fourth-order valence-electron chi connectivity index (χ4n) is 3.17. The van der Waals surface area contributed by atoms with Crippen LogP contribution in [0, 0.1) is 13.8 Å². The number of thioether (sulfide) groups is 1. The highest BCUT2D eigenvalue weighted by Crippen LogP contribution is 2.39. The minimum atomic E-state index is -0.505. The third kappa shape index (κ3) is 4.70. The van der Waals surface area contributed by atoms with Gasteiger partial charge in [-0.2, -0.15) is 0 Å². The number of benzene rings is 3. The van der Waals surface area contributed by atoms with Gasteiger partial charge in [0.25, 0.3) is 11.1 Å². The number of rotatable bonds is 7. The van der Waals surface area contributed by atoms with E-state index in [0.717, 1.165) is 16.7 Å². The van der Waals surface area contributed by atoms with E-state index in [2.05, 4.69) is 10.2 Å². The molecule has 6 heteroatoms. The molecule has 0 bridgehead atoms. The second-order valence-electron chi connectivity index (χ2n) is 7.21. The molecule has 0 radical (unpaired) electrons. The van der Waals surface area contributed by atoms with Crippen LogP contribution in [0.15, 0.2) is 82.4 Å². The number of carbonyl (C=O) groups excluding carboxylic acids is 1. The standard InChI is InChI=1S/C25H22N2O3S/c1-16-8-12-18(13-9-16)22(28)23(19-14-10-17(2)11-15-19)31-25-27-26-24(30-25)20-6-4-5-7-21(20)29-3/h4-15,23H,1-3H3/t23-/m0/s1. The predicted molar refractivity (Wildman–Crippen MR) is 122 cm³/mol. The van der Waals surface area contributed by atoms with E-state index in [9.17, 15) is 4.79 Å². The fraction of sp³-hybridized carbons (Fsp3) is 0.160. The summed E-state index contributed by atoms with van der Waals surface area (Å²) in [5, 5.41) is 8.17. The van der Waals surface area contributed by atoms with Crippen molar-refractivity contribution < 1.29 is 13.9 Å². The molecular weight excluding hydrogens is 408 g/mol. The molecule has 3 aromatic carbocycles. The summed E-state index contributed by atoms with van der Waals surface area (Å²) in [7, 11) is 1.60. The molecule has 1 aromatic heterocycles. The minimum Gasteiger partial charge on any atom is -0.496 e. The molecule has 0 amide bonds. The van der Waals surface area contributed by atoms with Crippen LogP contribution in [-0.4, -0.2) is 23.1 Å². The normalized spacial score (nSPS) is 11.8. The van der Waals surface area contributed by atoms with Crippen LogP contribution in [0.3, 0.4) is 0 Å². The van der Waals surface area contributed by atoms with Crippen molar-refractivity contribution in [2.75, 3.05) is 7.11 Å². The zero-order chi connectivity index (χ0) is 21.8. The van der Waals surface area contributed by atoms with Gasteiger partial charge < -0.3 is 9.15 Å². The van der Waals surface area contributed by atoms with E-state index in [1.54, 1.807) is 7.11 Å². The summed E-state index contributed by atoms with van der Waals surface area (Å²) in [6.07, 6.45) is 0. The number of aromatic nitrogens is 2. The van der Waals surface area contributed by atoms with E-state index in [0.29, 0.717) is 28.0 Å². The summed E-state index contributed by atoms with van der Waals surface area (Å²) in [5.41, 5.74) is 4.48. The maximum atomic E-state index is 13.4. The average molecular weight is 431 g/mol. The highest BCUT2D eigenvalue weighted by molar-refractivity contribution is 8.00. The van der Waals surface area contributed by atoms with E-state index in [4.69, 9.17) is 9.15 Å². The average Bonchev–Trinajstić information content (AvgIpc) is 3.27. The van der Waals surface area contributed by atoms with Crippen LogP contribution in [0.5, 0.6) is 5.75 Å². The van der Waals surface area contributed by atoms with E-state index >= 15 is 0 Å². The quantitative estimate of drug-likeness (QED) is 0.262. The molecule has 0 aliphatic heterocycles. The molecule has 31 heavy (non-hydrogen) atoms. The van der Waals surface area contributed by atoms with Crippen LogP contribution < -0.4 is 4.74 Å². The first-order valence-corrected chi connectivity index (χ1v) is 10.7. The summed E-state index contributed by atoms with van der Waals surface area (Å²) >= 11 is 1.25. The zero-order valence-corrected chi connectivity index (χ0v) is 18.3. The lowest BCUT2D eigenvalue weighted by atomic mass is 10.0. The topological polar surface area (TPSA) is 65.2 Å². The van der Waals surface area contributed by atoms with Gasteiger partial charge in [-0.1, -0.05) is 71.8 Å². The van der Waals surface area contributed by atoms with Crippen LogP contribution in [0.25, 0.3) is 11.5 Å². The van der Waals surface area contributed by atoms with Crippen molar-refractivity contribution in [1.82, 2.24) is 10.2 Å². The zero-order valence-electron chi connectivity index (χ0n) is 17.5. The second-order valence-corrected chi connectivity index (χ2v) is 8.27. The Labute approximate surface area is 185 Å². The first-order chi connectivity index (χ1) is 15.0. The van der Waals surface area contributed by atoms with Crippen molar-refractivity contribution in [3.05, 3.63) is 95.1 Å². The van der Waals surface area contributed by atoms with Crippen LogP contribution in [0.1, 0.15) is 32.3 Å². The van der Waals surface area contributed by atoms with Gasteiger partial charge in [0.1, 0.15) is 11.0 Å². The van der Waals surface area contributed by atoms with Crippen LogP contribution in [0.4, 0.5) is 0 Å². The molecule has 4 rings (SSSR count). The lowest BCUT2D eigenvalue weighted by Gasteiger charge is -2.14. The van der Waals surface area contributed by atoms with Gasteiger partial charge in [-0.05, 0) is 43.3 Å². The van der Waals surface area contributed by atoms with Crippen molar-refractivity contribution in [3.8, 4) is 17.2 Å². The fourth-order valence-corrected chi connectivity index (χ4v) is 4.12. The van der Waals surface area contributed by atoms with E-state index in [-0.39, 0.29) is 5.78 Å². The number of methoxy groups -OCH3 is 1. The number of carbonyl (C=O) groups is 1. The largest absolute Gasteiger partial charge is 0.496 e. The van der Waals surface area contributed by atoms with Gasteiger partial charge in [0, 0.05) is 5.56 Å². The van der Waals surface area contributed by atoms with Gasteiger partial charge in [0.15, 0.2) is 5.78 Å². The Hall–Kier alpha value is -3.38. The van der Waals surface area contributed by atoms with Gasteiger partial charge in [-0.3, -0.25) is 4.79 Å². The van der Waals surface area contributed by atoms with Crippen molar-refractivity contribution >= 4 is 17.5 Å². The monoisotopic (exact) mass is 430 g/mol. The smallest absolute Gasteiger partial charge is 0.277 e. The molecule has 0 saturated carbocycles. The minimum absolute atomic E-state index is 0.00843. The van der Waals surface area contributed by atoms with Crippen molar-refractivity contribution in [2.24, 2.45) is 0 Å². The van der Waals surface area contributed by atoms with E-state index in [1.165, 1.54) is 11.8 Å². The highest BCUT2D eigenvalue weighted by atomic mass is 32.2. The molecule has 156 valence electrons. The molecule has 4 aromatic rings. The van der Waals surface area contributed by atoms with Gasteiger partial charge in [-0.25, -0.2) is 0 Å². The molecule has 0 fully saturated rings. The first-order valence-electron chi connectivity index (χ1n) is 9.86. The van der Waals surface area contributed by atoms with Crippen molar-refractivity contribution in [2.45, 2.75) is 24.3 Å². The summed E-state index contributed by atoms with van der Waals surface area (Å²) < 4.78 is 11.3. The van der Waals surface area contributed by atoms with Gasteiger partial charge >= 0.3 is 0 Å². The summed E-state index contributed by atoms with van der Waals surface area (Å²) in [6.45, 7) is 4.02. The summed E-state index contributed by atoms with van der Waals surface area (Å²) in [5.74, 6) is 0.991. The van der Waals surface area contributed by atoms with Crippen LogP contribution in [0.2, 0.25) is 0 Å². The number of hydrogen-bond donors (Lipinski definition) is 0. The number of aryl methyl sites for hydroxylation is 2. The summed E-state index contributed by atoms with van der Waals surface area (Å²) in [4.78, 5) is 13.4. The predicted octanol–water partition coefficient (Wildman–Crippen LogP) is 6.08. The number of Topliss-reactive ketones (excluding diaryl/α,β-unsaturated/α-hetero) is 1. The lowest BCUT2D eigenvalue weighted by molar-refractivity contribution is 0.0989. The number of hydrogen-bond acceptors (Lipinski definition) is 6. The maximum absolute atomic E-state index is 13.4. The van der Waals surface area contributed by atoms with E-state index < -0.39 is 5.25 Å². The maximum Gasteiger partial charge on any atom is 0.277 e. The molecule has 5 nitrogen and oxygen atoms in total. The summed E-state index contributed by atoms with van der Waals surface area (Å²) in [6, 6.07) is 23.0. The Morgan fingerprint density at radius 2 is 1.55 bits per heavy atom. The van der Waals surface area contributed by atoms with Crippen LogP contribution >= 0.6 is 11.8 Å². The molecule has 0 unspecified atom stereocenters. The Morgan fingerprint density at radius 3 is 2.23 bits per heavy atom. The van der Waals surface area contributed by atoms with Crippen LogP contribution in [-0.2, 0) is 0 Å². The van der Waals surface area contributed by atoms with Gasteiger partial charge in [0.2, 0.25) is 0 Å². The third-order valence-corrected chi connectivity index (χ3v) is 6.01.